The highest BCUT2D eigenvalue weighted by Gasteiger charge is 2.32. The Morgan fingerprint density at radius 1 is 0.857 bits per heavy atom. The van der Waals surface area contributed by atoms with Crippen LogP contribution < -0.4 is 10.0 Å². The zero-order valence-electron chi connectivity index (χ0n) is 17.7. The van der Waals surface area contributed by atoms with Crippen molar-refractivity contribution < 1.29 is 8.42 Å². The van der Waals surface area contributed by atoms with Gasteiger partial charge in [0, 0.05) is 17.9 Å². The molecule has 4 nitrogen and oxygen atoms in total. The molecule has 1 aliphatic rings. The maximum Gasteiger partial charge on any atom is 0.237 e. The Morgan fingerprint density at radius 2 is 1.43 bits per heavy atom. The second-order valence-corrected chi connectivity index (χ2v) is 11.5. The molecule has 0 heterocycles. The topological polar surface area (TPSA) is 58.2 Å². The fraction of sp³-hybridized carbons (Fsp3) is 0.478. The lowest BCUT2D eigenvalue weighted by molar-refractivity contribution is 0.464. The Balaban J connectivity index is 1.65. The van der Waals surface area contributed by atoms with Crippen LogP contribution in [0, 0.1) is 5.92 Å². The Labute approximate surface area is 169 Å². The van der Waals surface area contributed by atoms with E-state index in [0.717, 1.165) is 11.3 Å². The van der Waals surface area contributed by atoms with Crippen molar-refractivity contribution in [3.05, 3.63) is 59.2 Å². The Kier molecular flexibility index (Phi) is 5.50. The van der Waals surface area contributed by atoms with Crippen molar-refractivity contribution in [3.8, 4) is 0 Å². The normalized spacial score (nSPS) is 22.0. The minimum Gasteiger partial charge on any atom is -0.381 e. The van der Waals surface area contributed by atoms with Gasteiger partial charge >= 0.3 is 0 Å². The second kappa shape index (κ2) is 7.43. The molecule has 0 fully saturated rings. The van der Waals surface area contributed by atoms with E-state index in [9.17, 15) is 8.42 Å². The van der Waals surface area contributed by atoms with Crippen molar-refractivity contribution in [2.45, 2.75) is 64.7 Å². The van der Waals surface area contributed by atoms with Crippen molar-refractivity contribution >= 4 is 21.4 Å². The average Bonchev–Trinajstić information content (AvgIpc) is 2.84. The number of rotatable bonds is 5. The van der Waals surface area contributed by atoms with E-state index in [4.69, 9.17) is 0 Å². The lowest BCUT2D eigenvalue weighted by Gasteiger charge is -2.20. The summed E-state index contributed by atoms with van der Waals surface area (Å²) < 4.78 is 26.3. The summed E-state index contributed by atoms with van der Waals surface area (Å²) in [5, 5.41) is 3.49. The quantitative estimate of drug-likeness (QED) is 0.677. The van der Waals surface area contributed by atoms with Crippen molar-refractivity contribution in [1.82, 2.24) is 0 Å². The van der Waals surface area contributed by atoms with Gasteiger partial charge < -0.3 is 5.32 Å². The predicted octanol–water partition coefficient (Wildman–Crippen LogP) is 5.70. The molecule has 5 heteroatoms. The average molecular weight is 401 g/mol. The molecule has 0 radical (unpaired) electrons. The van der Waals surface area contributed by atoms with Crippen LogP contribution in [-0.4, -0.2) is 13.2 Å². The van der Waals surface area contributed by atoms with Gasteiger partial charge in [-0.2, -0.15) is 0 Å². The number of nitrogens with one attached hydrogen (secondary N) is 2. The van der Waals surface area contributed by atoms with Crippen LogP contribution in [0.25, 0.3) is 0 Å². The molecule has 0 saturated heterocycles. The van der Waals surface area contributed by atoms with Crippen molar-refractivity contribution in [2.75, 3.05) is 10.0 Å². The van der Waals surface area contributed by atoms with Crippen LogP contribution in [-0.2, 0) is 16.6 Å². The van der Waals surface area contributed by atoms with Crippen LogP contribution >= 0.6 is 0 Å². The minimum atomic E-state index is -3.40. The Bertz CT molecular complexity index is 944. The molecule has 0 spiro atoms. The van der Waals surface area contributed by atoms with Crippen molar-refractivity contribution in [3.63, 3.8) is 0 Å². The molecule has 0 amide bonds. The van der Waals surface area contributed by atoms with E-state index in [1.807, 2.05) is 24.3 Å². The fourth-order valence-electron chi connectivity index (χ4n) is 3.70. The van der Waals surface area contributed by atoms with Gasteiger partial charge in [0.2, 0.25) is 10.0 Å². The molecular formula is C23H32N2O2S. The van der Waals surface area contributed by atoms with Gasteiger partial charge in [0.15, 0.2) is 0 Å². The van der Waals surface area contributed by atoms with Gasteiger partial charge in [-0.25, -0.2) is 8.42 Å². The molecule has 0 aromatic heterocycles. The number of sulfonamides is 1. The van der Waals surface area contributed by atoms with Crippen molar-refractivity contribution in [1.29, 1.82) is 0 Å². The number of hydrogen-bond acceptors (Lipinski definition) is 3. The second-order valence-electron chi connectivity index (χ2n) is 9.05. The van der Waals surface area contributed by atoms with Crippen molar-refractivity contribution in [2.24, 2.45) is 5.92 Å². The number of hydrogen-bond donors (Lipinski definition) is 2. The largest absolute Gasteiger partial charge is 0.381 e. The standard InChI is InChI=1S/C23H32N2O2S/c1-15-16(2)21-12-11-20(13-22(21)17(15)3)24-14-18-7-9-19(10-8-18)25-28(26,27)23(4,5)6/h7-13,15-17,24-25H,14H2,1-6H3. The highest BCUT2D eigenvalue weighted by molar-refractivity contribution is 7.94. The van der Waals surface area contributed by atoms with Gasteiger partial charge in [0.25, 0.3) is 0 Å². The van der Waals surface area contributed by atoms with Crippen LogP contribution in [0.15, 0.2) is 42.5 Å². The maximum absolute atomic E-state index is 12.3. The number of fused-ring (bicyclic) bond motifs is 1. The molecule has 28 heavy (non-hydrogen) atoms. The van der Waals surface area contributed by atoms with E-state index in [1.165, 1.54) is 11.1 Å². The lowest BCUT2D eigenvalue weighted by atomic mass is 9.91. The molecule has 2 aromatic rings. The van der Waals surface area contributed by atoms with E-state index in [2.05, 4.69) is 49.0 Å². The maximum atomic E-state index is 12.3. The number of anilines is 2. The molecule has 152 valence electrons. The van der Waals surface area contributed by atoms with E-state index in [-0.39, 0.29) is 0 Å². The fourth-order valence-corrected chi connectivity index (χ4v) is 4.45. The van der Waals surface area contributed by atoms with E-state index >= 15 is 0 Å². The molecule has 1 aliphatic carbocycles. The summed E-state index contributed by atoms with van der Waals surface area (Å²) in [5.74, 6) is 1.88. The predicted molar refractivity (Wildman–Crippen MR) is 119 cm³/mol. The third-order valence-electron chi connectivity index (χ3n) is 6.15. The smallest absolute Gasteiger partial charge is 0.237 e. The first-order chi connectivity index (χ1) is 13.0. The third kappa shape index (κ3) is 4.04. The highest BCUT2D eigenvalue weighted by atomic mass is 32.2. The SMILES string of the molecule is CC1c2ccc(NCc3ccc(NS(=O)(=O)C(C)(C)C)cc3)cc2C(C)C1C. The molecule has 0 bridgehead atoms. The summed E-state index contributed by atoms with van der Waals surface area (Å²) in [6.45, 7) is 12.7. The molecule has 0 saturated carbocycles. The summed E-state index contributed by atoms with van der Waals surface area (Å²) in [6, 6.07) is 14.2. The third-order valence-corrected chi connectivity index (χ3v) is 8.27. The van der Waals surface area contributed by atoms with Gasteiger partial charge in [0.05, 0.1) is 4.75 Å². The summed E-state index contributed by atoms with van der Waals surface area (Å²) in [5.41, 5.74) is 5.75. The molecule has 3 unspecified atom stereocenters. The molecular weight excluding hydrogens is 368 g/mol. The highest BCUT2D eigenvalue weighted by Crippen LogP contribution is 2.46. The molecule has 2 aromatic carbocycles. The zero-order valence-corrected chi connectivity index (χ0v) is 18.5. The van der Waals surface area contributed by atoms with Crippen LogP contribution in [0.1, 0.15) is 70.1 Å². The first-order valence-corrected chi connectivity index (χ1v) is 11.5. The Hall–Kier alpha value is -2.01. The lowest BCUT2D eigenvalue weighted by Crippen LogP contribution is -2.33. The summed E-state index contributed by atoms with van der Waals surface area (Å²) in [6.07, 6.45) is 0. The zero-order chi connectivity index (χ0) is 20.7. The van der Waals surface area contributed by atoms with Crippen LogP contribution in [0.2, 0.25) is 0 Å². The van der Waals surface area contributed by atoms with Gasteiger partial charge in [0.1, 0.15) is 0 Å². The summed E-state index contributed by atoms with van der Waals surface area (Å²) >= 11 is 0. The van der Waals surface area contributed by atoms with E-state index in [1.54, 1.807) is 20.8 Å². The molecule has 3 rings (SSSR count). The summed E-state index contributed by atoms with van der Waals surface area (Å²) in [4.78, 5) is 0. The molecule has 2 N–H and O–H groups in total. The van der Waals surface area contributed by atoms with Gasteiger partial charge in [-0.05, 0) is 79.5 Å². The molecule has 0 aliphatic heterocycles. The minimum absolute atomic E-state index is 0.585. The summed E-state index contributed by atoms with van der Waals surface area (Å²) in [7, 11) is -3.40. The first-order valence-electron chi connectivity index (χ1n) is 9.98. The van der Waals surface area contributed by atoms with E-state index < -0.39 is 14.8 Å². The van der Waals surface area contributed by atoms with Gasteiger partial charge in [-0.15, -0.1) is 0 Å². The monoisotopic (exact) mass is 400 g/mol. The van der Waals surface area contributed by atoms with Crippen LogP contribution in [0.5, 0.6) is 0 Å². The van der Waals surface area contributed by atoms with Crippen LogP contribution in [0.3, 0.4) is 0 Å². The first kappa shape index (κ1) is 20.7. The van der Waals surface area contributed by atoms with Gasteiger partial charge in [-0.3, -0.25) is 4.72 Å². The van der Waals surface area contributed by atoms with E-state index in [0.29, 0.717) is 30.0 Å². The Morgan fingerprint density at radius 3 is 2.04 bits per heavy atom. The number of benzene rings is 2. The molecule has 3 atom stereocenters. The van der Waals surface area contributed by atoms with Gasteiger partial charge in [-0.1, -0.05) is 39.0 Å². The van der Waals surface area contributed by atoms with Crippen LogP contribution in [0.4, 0.5) is 11.4 Å².